The highest BCUT2D eigenvalue weighted by atomic mass is 16.6. The van der Waals surface area contributed by atoms with E-state index in [0.29, 0.717) is 30.3 Å². The molecular weight excluding hydrogens is 430 g/mol. The van der Waals surface area contributed by atoms with Crippen molar-refractivity contribution in [2.75, 3.05) is 18.1 Å². The molecule has 3 rings (SSSR count). The number of amides is 4. The molecule has 0 saturated carbocycles. The van der Waals surface area contributed by atoms with Gasteiger partial charge >= 0.3 is 6.03 Å². The Morgan fingerprint density at radius 3 is 2.39 bits per heavy atom. The molecule has 0 atom stereocenters. The monoisotopic (exact) mass is 453 g/mol. The van der Waals surface area contributed by atoms with Gasteiger partial charge in [0.1, 0.15) is 5.57 Å². The Balaban J connectivity index is 1.92. The van der Waals surface area contributed by atoms with Gasteiger partial charge in [-0.25, -0.2) is 9.69 Å². The summed E-state index contributed by atoms with van der Waals surface area (Å²) in [4.78, 5) is 48.7. The maximum atomic E-state index is 13.0. The number of rotatable bonds is 9. The van der Waals surface area contributed by atoms with Crippen molar-refractivity contribution < 1.29 is 28.8 Å². The Labute approximate surface area is 189 Å². The number of nitrogens with one attached hydrogen (secondary N) is 1. The molecule has 33 heavy (non-hydrogen) atoms. The molecule has 1 fully saturated rings. The molecule has 0 aliphatic carbocycles. The summed E-state index contributed by atoms with van der Waals surface area (Å²) in [7, 11) is 0. The fourth-order valence-corrected chi connectivity index (χ4v) is 3.11. The van der Waals surface area contributed by atoms with Crippen LogP contribution in [-0.4, -0.2) is 36.0 Å². The second-order valence-corrected chi connectivity index (χ2v) is 7.07. The minimum Gasteiger partial charge on any atom is -0.490 e. The molecule has 1 N–H and O–H groups in total. The fraction of sp³-hybridized carbons (Fsp3) is 0.261. The van der Waals surface area contributed by atoms with Crippen LogP contribution in [0.5, 0.6) is 11.5 Å². The lowest BCUT2D eigenvalue weighted by Crippen LogP contribution is -2.54. The van der Waals surface area contributed by atoms with Gasteiger partial charge in [0.25, 0.3) is 17.5 Å². The van der Waals surface area contributed by atoms with E-state index < -0.39 is 22.8 Å². The van der Waals surface area contributed by atoms with Crippen LogP contribution in [0.2, 0.25) is 0 Å². The Hall–Kier alpha value is -4.21. The Morgan fingerprint density at radius 2 is 1.76 bits per heavy atom. The van der Waals surface area contributed by atoms with E-state index in [-0.39, 0.29) is 16.9 Å². The van der Waals surface area contributed by atoms with Gasteiger partial charge in [-0.2, -0.15) is 0 Å². The molecule has 2 aromatic carbocycles. The Bertz CT molecular complexity index is 1110. The molecule has 10 nitrogen and oxygen atoms in total. The molecule has 1 aliphatic rings. The van der Waals surface area contributed by atoms with E-state index in [1.54, 1.807) is 18.2 Å². The summed E-state index contributed by atoms with van der Waals surface area (Å²) in [5, 5.41) is 13.0. The summed E-state index contributed by atoms with van der Waals surface area (Å²) < 4.78 is 11.4. The molecule has 0 spiro atoms. The molecule has 1 aliphatic heterocycles. The van der Waals surface area contributed by atoms with Crippen LogP contribution < -0.4 is 19.7 Å². The molecule has 0 aromatic heterocycles. The zero-order chi connectivity index (χ0) is 24.0. The van der Waals surface area contributed by atoms with Crippen LogP contribution in [0.4, 0.5) is 16.2 Å². The number of nitro benzene ring substituents is 1. The molecule has 0 bridgehead atoms. The second-order valence-electron chi connectivity index (χ2n) is 7.07. The Morgan fingerprint density at radius 1 is 1.03 bits per heavy atom. The number of carbonyl (C=O) groups is 3. The average molecular weight is 453 g/mol. The Kier molecular flexibility index (Phi) is 7.39. The van der Waals surface area contributed by atoms with Crippen molar-refractivity contribution in [2.24, 2.45) is 0 Å². The summed E-state index contributed by atoms with van der Waals surface area (Å²) in [6.45, 7) is 4.81. The van der Waals surface area contributed by atoms with Crippen molar-refractivity contribution in [3.63, 3.8) is 0 Å². The van der Waals surface area contributed by atoms with E-state index in [1.807, 2.05) is 6.92 Å². The molecular formula is C23H23N3O7. The lowest BCUT2D eigenvalue weighted by molar-refractivity contribution is -0.384. The smallest absolute Gasteiger partial charge is 0.335 e. The number of hydrogen-bond acceptors (Lipinski definition) is 7. The number of carbonyl (C=O) groups excluding carboxylic acids is 3. The molecule has 0 radical (unpaired) electrons. The van der Waals surface area contributed by atoms with Crippen molar-refractivity contribution in [2.45, 2.75) is 26.7 Å². The van der Waals surface area contributed by atoms with Gasteiger partial charge in [-0.3, -0.25) is 25.0 Å². The SMILES string of the molecule is CCCCOc1ccc(/C=C2/C(=O)NC(=O)N(c3ccc([N+](=O)[O-])cc3)C2=O)cc1OCC. The predicted molar refractivity (Wildman–Crippen MR) is 120 cm³/mol. The number of ether oxygens (including phenoxy) is 2. The second kappa shape index (κ2) is 10.4. The van der Waals surface area contributed by atoms with Crippen molar-refractivity contribution in [3.8, 4) is 11.5 Å². The predicted octanol–water partition coefficient (Wildman–Crippen LogP) is 3.84. The third-order valence-corrected chi connectivity index (χ3v) is 4.75. The standard InChI is InChI=1S/C23H23N3O7/c1-3-5-12-33-19-11-6-15(14-20(19)32-4-2)13-18-21(27)24-23(29)25(22(18)28)16-7-9-17(10-8-16)26(30)31/h6-11,13-14H,3-5,12H2,1-2H3,(H,24,27,29)/b18-13-. The van der Waals surface area contributed by atoms with E-state index in [1.165, 1.54) is 30.3 Å². The summed E-state index contributed by atoms with van der Waals surface area (Å²) >= 11 is 0. The summed E-state index contributed by atoms with van der Waals surface area (Å²) in [5.41, 5.74) is 0.129. The molecule has 1 heterocycles. The topological polar surface area (TPSA) is 128 Å². The van der Waals surface area contributed by atoms with E-state index in [4.69, 9.17) is 9.47 Å². The summed E-state index contributed by atoms with van der Waals surface area (Å²) in [6, 6.07) is 8.93. The highest BCUT2D eigenvalue weighted by Crippen LogP contribution is 2.30. The summed E-state index contributed by atoms with van der Waals surface area (Å²) in [6.07, 6.45) is 3.22. The minimum absolute atomic E-state index is 0.0937. The largest absolute Gasteiger partial charge is 0.490 e. The van der Waals surface area contributed by atoms with Gasteiger partial charge in [0.2, 0.25) is 0 Å². The number of nitro groups is 1. The van der Waals surface area contributed by atoms with Crippen molar-refractivity contribution in [3.05, 3.63) is 63.7 Å². The molecule has 2 aromatic rings. The first-order valence-corrected chi connectivity index (χ1v) is 10.4. The third kappa shape index (κ3) is 5.35. The molecule has 0 unspecified atom stereocenters. The van der Waals surface area contributed by atoms with Crippen LogP contribution >= 0.6 is 0 Å². The lowest BCUT2D eigenvalue weighted by atomic mass is 10.1. The van der Waals surface area contributed by atoms with Crippen molar-refractivity contribution >= 4 is 35.3 Å². The van der Waals surface area contributed by atoms with Crippen LogP contribution in [0.3, 0.4) is 0 Å². The number of urea groups is 1. The van der Waals surface area contributed by atoms with Gasteiger partial charge in [-0.1, -0.05) is 19.4 Å². The highest BCUT2D eigenvalue weighted by Gasteiger charge is 2.37. The first kappa shape index (κ1) is 23.5. The quantitative estimate of drug-likeness (QED) is 0.201. The van der Waals surface area contributed by atoms with Gasteiger partial charge in [0.05, 0.1) is 23.8 Å². The van der Waals surface area contributed by atoms with E-state index in [0.717, 1.165) is 17.7 Å². The van der Waals surface area contributed by atoms with E-state index >= 15 is 0 Å². The molecule has 4 amide bonds. The molecule has 172 valence electrons. The van der Waals surface area contributed by atoms with Crippen molar-refractivity contribution in [1.82, 2.24) is 5.32 Å². The van der Waals surface area contributed by atoms with Crippen LogP contribution in [-0.2, 0) is 9.59 Å². The van der Waals surface area contributed by atoms with Gasteiger partial charge in [-0.15, -0.1) is 0 Å². The maximum Gasteiger partial charge on any atom is 0.335 e. The minimum atomic E-state index is -0.939. The number of unbranched alkanes of at least 4 members (excludes halogenated alkanes) is 1. The van der Waals surface area contributed by atoms with Crippen molar-refractivity contribution in [1.29, 1.82) is 0 Å². The fourth-order valence-electron chi connectivity index (χ4n) is 3.11. The van der Waals surface area contributed by atoms with Crippen LogP contribution in [0.1, 0.15) is 32.3 Å². The number of barbiturate groups is 1. The zero-order valence-electron chi connectivity index (χ0n) is 18.2. The van der Waals surface area contributed by atoms with Gasteiger partial charge in [0, 0.05) is 12.1 Å². The number of non-ortho nitro benzene ring substituents is 1. The van der Waals surface area contributed by atoms with Crippen LogP contribution in [0, 0.1) is 10.1 Å². The van der Waals surface area contributed by atoms with Gasteiger partial charge < -0.3 is 9.47 Å². The third-order valence-electron chi connectivity index (χ3n) is 4.75. The zero-order valence-corrected chi connectivity index (χ0v) is 18.2. The first-order valence-electron chi connectivity index (χ1n) is 10.4. The summed E-state index contributed by atoms with van der Waals surface area (Å²) in [5.74, 6) is -0.673. The van der Waals surface area contributed by atoms with Gasteiger partial charge in [-0.05, 0) is 49.2 Å². The normalized spacial score (nSPS) is 14.9. The highest BCUT2D eigenvalue weighted by molar-refractivity contribution is 6.39. The van der Waals surface area contributed by atoms with Crippen LogP contribution in [0.25, 0.3) is 6.08 Å². The number of hydrogen-bond donors (Lipinski definition) is 1. The average Bonchev–Trinajstić information content (AvgIpc) is 2.78. The number of anilines is 1. The first-order chi connectivity index (χ1) is 15.8. The molecule has 1 saturated heterocycles. The lowest BCUT2D eigenvalue weighted by Gasteiger charge is -2.26. The van der Waals surface area contributed by atoms with E-state index in [2.05, 4.69) is 12.2 Å². The number of imide groups is 2. The maximum absolute atomic E-state index is 13.0. The van der Waals surface area contributed by atoms with Crippen LogP contribution in [0.15, 0.2) is 48.0 Å². The number of nitrogens with zero attached hydrogens (tertiary/aromatic N) is 2. The molecule has 10 heteroatoms. The number of benzene rings is 2. The van der Waals surface area contributed by atoms with Gasteiger partial charge in [0.15, 0.2) is 11.5 Å². The van der Waals surface area contributed by atoms with E-state index in [9.17, 15) is 24.5 Å².